The third kappa shape index (κ3) is 3.40. The lowest BCUT2D eigenvalue weighted by atomic mass is 9.97. The standard InChI is InChI=1S/C12H15N3O2S/c13-11(17)9-7-14-12(18-9)15-10(16)6-8-4-2-1-3-5-8/h4,7H,1-3,5-6H2,(H2,13,17)(H,14,15,16). The van der Waals surface area contributed by atoms with E-state index in [-0.39, 0.29) is 5.91 Å². The first kappa shape index (κ1) is 12.8. The van der Waals surface area contributed by atoms with Gasteiger partial charge in [-0.2, -0.15) is 0 Å². The van der Waals surface area contributed by atoms with Gasteiger partial charge in [0.2, 0.25) is 5.91 Å². The quantitative estimate of drug-likeness (QED) is 0.817. The molecule has 3 N–H and O–H groups in total. The fourth-order valence-electron chi connectivity index (χ4n) is 1.88. The predicted octanol–water partition coefficient (Wildman–Crippen LogP) is 2.07. The highest BCUT2D eigenvalue weighted by molar-refractivity contribution is 7.17. The van der Waals surface area contributed by atoms with E-state index in [4.69, 9.17) is 5.73 Å². The first-order valence-corrected chi connectivity index (χ1v) is 6.70. The van der Waals surface area contributed by atoms with Crippen LogP contribution in [0.15, 0.2) is 17.8 Å². The number of hydrogen-bond acceptors (Lipinski definition) is 4. The number of carbonyl (C=O) groups excluding carboxylic acids is 2. The van der Waals surface area contributed by atoms with E-state index in [0.717, 1.165) is 30.6 Å². The van der Waals surface area contributed by atoms with Crippen LogP contribution in [0.5, 0.6) is 0 Å². The van der Waals surface area contributed by atoms with Gasteiger partial charge in [-0.05, 0) is 25.7 Å². The molecule has 1 aliphatic carbocycles. The van der Waals surface area contributed by atoms with E-state index in [1.54, 1.807) is 0 Å². The number of carbonyl (C=O) groups is 2. The normalized spacial score (nSPS) is 15.0. The van der Waals surface area contributed by atoms with Crippen molar-refractivity contribution in [3.8, 4) is 0 Å². The molecule has 0 atom stereocenters. The Kier molecular flexibility index (Phi) is 4.09. The van der Waals surface area contributed by atoms with Crippen LogP contribution in [0, 0.1) is 0 Å². The highest BCUT2D eigenvalue weighted by Gasteiger charge is 2.12. The van der Waals surface area contributed by atoms with Crippen molar-refractivity contribution in [1.82, 2.24) is 4.98 Å². The smallest absolute Gasteiger partial charge is 0.260 e. The predicted molar refractivity (Wildman–Crippen MR) is 70.4 cm³/mol. The SMILES string of the molecule is NC(=O)c1cnc(NC(=O)CC2=CCCCC2)s1. The maximum absolute atomic E-state index is 11.8. The summed E-state index contributed by atoms with van der Waals surface area (Å²) in [5, 5.41) is 3.11. The molecule has 96 valence electrons. The highest BCUT2D eigenvalue weighted by atomic mass is 32.1. The Morgan fingerprint density at radius 1 is 1.44 bits per heavy atom. The molecule has 1 aromatic heterocycles. The van der Waals surface area contributed by atoms with Crippen LogP contribution in [0.3, 0.4) is 0 Å². The van der Waals surface area contributed by atoms with Crippen molar-refractivity contribution in [3.05, 3.63) is 22.7 Å². The molecular formula is C12H15N3O2S. The summed E-state index contributed by atoms with van der Waals surface area (Å²) in [6, 6.07) is 0. The lowest BCUT2D eigenvalue weighted by molar-refractivity contribution is -0.115. The Bertz CT molecular complexity index is 493. The molecule has 0 saturated carbocycles. The highest BCUT2D eigenvalue weighted by Crippen LogP contribution is 2.22. The Balaban J connectivity index is 1.90. The summed E-state index contributed by atoms with van der Waals surface area (Å²) in [4.78, 5) is 26.9. The summed E-state index contributed by atoms with van der Waals surface area (Å²) in [6.45, 7) is 0. The molecule has 1 heterocycles. The van der Waals surface area contributed by atoms with Gasteiger partial charge in [0.1, 0.15) is 4.88 Å². The monoisotopic (exact) mass is 265 g/mol. The third-order valence-corrected chi connectivity index (χ3v) is 3.69. The first-order valence-electron chi connectivity index (χ1n) is 5.88. The number of aromatic nitrogens is 1. The van der Waals surface area contributed by atoms with Gasteiger partial charge >= 0.3 is 0 Å². The molecular weight excluding hydrogens is 250 g/mol. The van der Waals surface area contributed by atoms with Crippen molar-refractivity contribution in [3.63, 3.8) is 0 Å². The lowest BCUT2D eigenvalue weighted by Crippen LogP contribution is -2.12. The van der Waals surface area contributed by atoms with Gasteiger partial charge in [0.05, 0.1) is 6.20 Å². The molecule has 1 aromatic rings. The maximum Gasteiger partial charge on any atom is 0.260 e. The zero-order valence-corrected chi connectivity index (χ0v) is 10.8. The van der Waals surface area contributed by atoms with Gasteiger partial charge in [0.15, 0.2) is 5.13 Å². The van der Waals surface area contributed by atoms with Gasteiger partial charge in [-0.1, -0.05) is 23.0 Å². The molecule has 0 saturated heterocycles. The Morgan fingerprint density at radius 3 is 2.89 bits per heavy atom. The summed E-state index contributed by atoms with van der Waals surface area (Å²) in [7, 11) is 0. The molecule has 1 aliphatic rings. The van der Waals surface area contributed by atoms with Gasteiger partial charge < -0.3 is 11.1 Å². The molecule has 0 radical (unpaired) electrons. The number of nitrogens with one attached hydrogen (secondary N) is 1. The van der Waals surface area contributed by atoms with Gasteiger partial charge in [-0.3, -0.25) is 9.59 Å². The molecule has 5 nitrogen and oxygen atoms in total. The third-order valence-electron chi connectivity index (χ3n) is 2.77. The number of nitrogens with zero attached hydrogens (tertiary/aromatic N) is 1. The number of rotatable bonds is 4. The number of allylic oxidation sites excluding steroid dienone is 1. The van der Waals surface area contributed by atoms with E-state index in [1.165, 1.54) is 18.2 Å². The van der Waals surface area contributed by atoms with Crippen LogP contribution < -0.4 is 11.1 Å². The second-order valence-electron chi connectivity index (χ2n) is 4.23. The van der Waals surface area contributed by atoms with Crippen molar-refractivity contribution >= 4 is 28.3 Å². The summed E-state index contributed by atoms with van der Waals surface area (Å²) in [5.74, 6) is -0.614. The zero-order valence-electron chi connectivity index (χ0n) is 9.94. The first-order chi connectivity index (χ1) is 8.65. The molecule has 6 heteroatoms. The number of amides is 2. The van der Waals surface area contributed by atoms with E-state index in [0.29, 0.717) is 16.4 Å². The van der Waals surface area contributed by atoms with Gasteiger partial charge in [-0.25, -0.2) is 4.98 Å². The average molecular weight is 265 g/mol. The minimum absolute atomic E-state index is 0.0893. The minimum Gasteiger partial charge on any atom is -0.365 e. The van der Waals surface area contributed by atoms with Crippen molar-refractivity contribution in [2.45, 2.75) is 32.1 Å². The molecule has 18 heavy (non-hydrogen) atoms. The van der Waals surface area contributed by atoms with Crippen LogP contribution in [0.2, 0.25) is 0 Å². The molecule has 0 unspecified atom stereocenters. The fraction of sp³-hybridized carbons (Fsp3) is 0.417. The molecule has 0 bridgehead atoms. The summed E-state index contributed by atoms with van der Waals surface area (Å²) >= 11 is 1.09. The maximum atomic E-state index is 11.8. The summed E-state index contributed by atoms with van der Waals surface area (Å²) < 4.78 is 0. The Labute approximate surface area is 109 Å². The molecule has 0 aromatic carbocycles. The topological polar surface area (TPSA) is 85.1 Å². The van der Waals surface area contributed by atoms with Gasteiger partial charge in [-0.15, -0.1) is 0 Å². The van der Waals surface area contributed by atoms with E-state index < -0.39 is 5.91 Å². The number of nitrogens with two attached hydrogens (primary N) is 1. The molecule has 2 rings (SSSR count). The van der Waals surface area contributed by atoms with Crippen molar-refractivity contribution in [2.24, 2.45) is 5.73 Å². The molecule has 0 aliphatic heterocycles. The average Bonchev–Trinajstić information content (AvgIpc) is 2.78. The van der Waals surface area contributed by atoms with Crippen molar-refractivity contribution < 1.29 is 9.59 Å². The van der Waals surface area contributed by atoms with Crippen LogP contribution >= 0.6 is 11.3 Å². The molecule has 0 spiro atoms. The van der Waals surface area contributed by atoms with Crippen LogP contribution in [-0.4, -0.2) is 16.8 Å². The molecule has 2 amide bonds. The number of thiazole rings is 1. The van der Waals surface area contributed by atoms with Crippen molar-refractivity contribution in [2.75, 3.05) is 5.32 Å². The van der Waals surface area contributed by atoms with Gasteiger partial charge in [0, 0.05) is 6.42 Å². The van der Waals surface area contributed by atoms with E-state index in [9.17, 15) is 9.59 Å². The van der Waals surface area contributed by atoms with Crippen molar-refractivity contribution in [1.29, 1.82) is 0 Å². The van der Waals surface area contributed by atoms with Crippen LogP contribution in [0.4, 0.5) is 5.13 Å². The summed E-state index contributed by atoms with van der Waals surface area (Å²) in [5.41, 5.74) is 6.30. The van der Waals surface area contributed by atoms with Crippen LogP contribution in [0.1, 0.15) is 41.8 Å². The van der Waals surface area contributed by atoms with Crippen LogP contribution in [0.25, 0.3) is 0 Å². The second kappa shape index (κ2) is 5.77. The second-order valence-corrected chi connectivity index (χ2v) is 5.26. The van der Waals surface area contributed by atoms with Gasteiger partial charge in [0.25, 0.3) is 5.91 Å². The fourth-order valence-corrected chi connectivity index (χ4v) is 2.57. The number of primary amides is 1. The minimum atomic E-state index is -0.525. The van der Waals surface area contributed by atoms with E-state index >= 15 is 0 Å². The number of anilines is 1. The largest absolute Gasteiger partial charge is 0.365 e. The lowest BCUT2D eigenvalue weighted by Gasteiger charge is -2.11. The van der Waals surface area contributed by atoms with Crippen LogP contribution in [-0.2, 0) is 4.79 Å². The Morgan fingerprint density at radius 2 is 2.28 bits per heavy atom. The summed E-state index contributed by atoms with van der Waals surface area (Å²) in [6.07, 6.45) is 8.35. The van der Waals surface area contributed by atoms with E-state index in [1.807, 2.05) is 0 Å². The number of hydrogen-bond donors (Lipinski definition) is 2. The Hall–Kier alpha value is -1.69. The molecule has 0 fully saturated rings. The zero-order chi connectivity index (χ0) is 13.0. The van der Waals surface area contributed by atoms with E-state index in [2.05, 4.69) is 16.4 Å².